The lowest BCUT2D eigenvalue weighted by Crippen LogP contribution is -1.96. The van der Waals surface area contributed by atoms with Gasteiger partial charge in [0.2, 0.25) is 0 Å². The molecule has 4 aromatic heterocycles. The molecular formula is C31H18N4. The summed E-state index contributed by atoms with van der Waals surface area (Å²) in [6.45, 7) is 0. The number of benzene rings is 3. The summed E-state index contributed by atoms with van der Waals surface area (Å²) in [5.41, 5.74) is 16.0. The second kappa shape index (κ2) is 6.10. The number of rotatable bonds is 0. The average Bonchev–Trinajstić information content (AvgIpc) is 3.59. The second-order valence-corrected chi connectivity index (χ2v) is 9.64. The fraction of sp³-hybridized carbons (Fsp3) is 0.0645. The van der Waals surface area contributed by atoms with Crippen LogP contribution in [0.15, 0.2) is 85.2 Å². The molecule has 2 aliphatic rings. The van der Waals surface area contributed by atoms with E-state index in [-0.39, 0.29) is 0 Å². The first-order chi connectivity index (χ1) is 17.4. The molecule has 2 aliphatic carbocycles. The zero-order valence-electron chi connectivity index (χ0n) is 18.8. The Balaban J connectivity index is 1.44. The van der Waals surface area contributed by atoms with E-state index >= 15 is 0 Å². The van der Waals surface area contributed by atoms with Gasteiger partial charge in [0.25, 0.3) is 0 Å². The van der Waals surface area contributed by atoms with E-state index in [0.717, 1.165) is 51.5 Å². The molecule has 0 amide bonds. The van der Waals surface area contributed by atoms with Crippen LogP contribution < -0.4 is 0 Å². The van der Waals surface area contributed by atoms with Gasteiger partial charge in [0.05, 0.1) is 11.0 Å². The summed E-state index contributed by atoms with van der Waals surface area (Å²) >= 11 is 0. The Morgan fingerprint density at radius 3 is 2.37 bits per heavy atom. The minimum atomic E-state index is 0.872. The van der Waals surface area contributed by atoms with E-state index in [2.05, 4.69) is 65.1 Å². The quantitative estimate of drug-likeness (QED) is 0.243. The first-order valence-electron chi connectivity index (χ1n) is 12.1. The average molecular weight is 447 g/mol. The molecule has 9 rings (SSSR count). The summed E-state index contributed by atoms with van der Waals surface area (Å²) in [7, 11) is 0. The highest BCUT2D eigenvalue weighted by Gasteiger charge is 2.30. The van der Waals surface area contributed by atoms with Crippen molar-refractivity contribution in [2.45, 2.75) is 12.8 Å². The highest BCUT2D eigenvalue weighted by atomic mass is 15.1. The summed E-state index contributed by atoms with van der Waals surface area (Å²) in [6, 6.07) is 26.2. The molecule has 3 aromatic carbocycles. The SMILES string of the molecule is c1ccc2c(c1)Cc1c-2ccc2c1Cc1ccc3nc4c5ncccc5c5cccnc5n4c3c1-2. The van der Waals surface area contributed by atoms with E-state index in [4.69, 9.17) is 15.0 Å². The number of imidazole rings is 1. The van der Waals surface area contributed by atoms with Gasteiger partial charge in [-0.2, -0.15) is 0 Å². The number of hydrogen-bond donors (Lipinski definition) is 0. The van der Waals surface area contributed by atoms with Crippen molar-refractivity contribution in [1.29, 1.82) is 0 Å². The minimum absolute atomic E-state index is 0.872. The van der Waals surface area contributed by atoms with Gasteiger partial charge in [0.15, 0.2) is 5.65 Å². The Labute approximate surface area is 200 Å². The number of hydrogen-bond acceptors (Lipinski definition) is 3. The molecule has 0 spiro atoms. The molecule has 0 radical (unpaired) electrons. The molecule has 4 heterocycles. The Hall–Kier alpha value is -4.57. The third kappa shape index (κ3) is 2.11. The van der Waals surface area contributed by atoms with Crippen molar-refractivity contribution in [3.63, 3.8) is 0 Å². The summed E-state index contributed by atoms with van der Waals surface area (Å²) in [4.78, 5) is 14.7. The van der Waals surface area contributed by atoms with E-state index in [1.165, 1.54) is 44.5 Å². The molecule has 0 unspecified atom stereocenters. The molecule has 0 saturated heterocycles. The minimum Gasteiger partial charge on any atom is -0.274 e. The van der Waals surface area contributed by atoms with Gasteiger partial charge in [0.1, 0.15) is 11.2 Å². The van der Waals surface area contributed by atoms with Gasteiger partial charge in [0, 0.05) is 28.7 Å². The normalized spacial score (nSPS) is 13.5. The predicted octanol–water partition coefficient (Wildman–Crippen LogP) is 6.73. The molecule has 7 aromatic rings. The summed E-state index contributed by atoms with van der Waals surface area (Å²) < 4.78 is 2.25. The molecule has 0 atom stereocenters. The topological polar surface area (TPSA) is 43.1 Å². The van der Waals surface area contributed by atoms with Crippen LogP contribution in [0.3, 0.4) is 0 Å². The summed E-state index contributed by atoms with van der Waals surface area (Å²) in [6.07, 6.45) is 5.70. The van der Waals surface area contributed by atoms with Gasteiger partial charge >= 0.3 is 0 Å². The predicted molar refractivity (Wildman–Crippen MR) is 140 cm³/mol. The third-order valence-corrected chi connectivity index (χ3v) is 7.96. The maximum atomic E-state index is 5.11. The van der Waals surface area contributed by atoms with Crippen LogP contribution in [0, 0.1) is 0 Å². The van der Waals surface area contributed by atoms with Crippen LogP contribution in [0.1, 0.15) is 22.3 Å². The van der Waals surface area contributed by atoms with Crippen LogP contribution >= 0.6 is 0 Å². The van der Waals surface area contributed by atoms with Gasteiger partial charge in [-0.15, -0.1) is 0 Å². The monoisotopic (exact) mass is 446 g/mol. The van der Waals surface area contributed by atoms with E-state index in [1.54, 1.807) is 0 Å². The molecule has 35 heavy (non-hydrogen) atoms. The highest BCUT2D eigenvalue weighted by molar-refractivity contribution is 6.13. The zero-order chi connectivity index (χ0) is 22.7. The largest absolute Gasteiger partial charge is 0.274 e. The maximum absolute atomic E-state index is 5.11. The highest BCUT2D eigenvalue weighted by Crippen LogP contribution is 2.48. The fourth-order valence-electron chi connectivity index (χ4n) is 6.51. The Kier molecular flexibility index (Phi) is 3.11. The number of aromatic nitrogens is 4. The molecule has 4 heteroatoms. The lowest BCUT2D eigenvalue weighted by molar-refractivity contribution is 1.16. The number of pyridine rings is 3. The molecule has 0 saturated carbocycles. The first kappa shape index (κ1) is 17.8. The molecular weight excluding hydrogens is 428 g/mol. The second-order valence-electron chi connectivity index (χ2n) is 9.64. The van der Waals surface area contributed by atoms with E-state index < -0.39 is 0 Å². The van der Waals surface area contributed by atoms with Crippen LogP contribution in [0.5, 0.6) is 0 Å². The lowest BCUT2D eigenvalue weighted by Gasteiger charge is -2.10. The van der Waals surface area contributed by atoms with E-state index in [0.29, 0.717) is 0 Å². The van der Waals surface area contributed by atoms with Crippen molar-refractivity contribution in [1.82, 2.24) is 19.4 Å². The van der Waals surface area contributed by atoms with Crippen molar-refractivity contribution >= 4 is 38.6 Å². The van der Waals surface area contributed by atoms with Crippen LogP contribution in [-0.4, -0.2) is 19.4 Å². The molecule has 0 N–H and O–H groups in total. The van der Waals surface area contributed by atoms with Crippen molar-refractivity contribution in [3.8, 4) is 22.3 Å². The Morgan fingerprint density at radius 2 is 1.40 bits per heavy atom. The summed E-state index contributed by atoms with van der Waals surface area (Å²) in [5.74, 6) is 0. The van der Waals surface area contributed by atoms with Gasteiger partial charge in [-0.3, -0.25) is 9.38 Å². The molecule has 4 nitrogen and oxygen atoms in total. The Bertz CT molecular complexity index is 2070. The standard InChI is InChI=1S/C31H18N4/c1-2-6-19-17(5-1)15-24-20(19)10-11-21-25(24)16-18-9-12-26-29(27(18)21)35-30-23(8-4-14-33-30)22-7-3-13-32-28(22)31(35)34-26/h1-14H,15-16H2. The molecule has 162 valence electrons. The maximum Gasteiger partial charge on any atom is 0.166 e. The number of fused-ring (bicyclic) bond motifs is 16. The van der Waals surface area contributed by atoms with E-state index in [9.17, 15) is 0 Å². The van der Waals surface area contributed by atoms with E-state index in [1.807, 2.05) is 24.5 Å². The van der Waals surface area contributed by atoms with Crippen molar-refractivity contribution in [2.75, 3.05) is 0 Å². The van der Waals surface area contributed by atoms with Gasteiger partial charge in [-0.05, 0) is 76.1 Å². The smallest absolute Gasteiger partial charge is 0.166 e. The third-order valence-electron chi connectivity index (χ3n) is 7.96. The lowest BCUT2D eigenvalue weighted by atomic mass is 9.96. The fourth-order valence-corrected chi connectivity index (χ4v) is 6.51. The molecule has 0 bridgehead atoms. The van der Waals surface area contributed by atoms with Crippen LogP contribution in [0.4, 0.5) is 0 Å². The molecule has 0 fully saturated rings. The Morgan fingerprint density at radius 1 is 0.600 bits per heavy atom. The van der Waals surface area contributed by atoms with Crippen LogP contribution in [-0.2, 0) is 12.8 Å². The van der Waals surface area contributed by atoms with Crippen molar-refractivity contribution in [3.05, 3.63) is 107 Å². The number of nitrogens with zero attached hydrogens (tertiary/aromatic N) is 4. The van der Waals surface area contributed by atoms with Crippen molar-refractivity contribution in [2.24, 2.45) is 0 Å². The first-order valence-corrected chi connectivity index (χ1v) is 12.1. The summed E-state index contributed by atoms with van der Waals surface area (Å²) in [5, 5.41) is 2.19. The van der Waals surface area contributed by atoms with Gasteiger partial charge in [-0.25, -0.2) is 9.97 Å². The van der Waals surface area contributed by atoms with Crippen LogP contribution in [0.25, 0.3) is 60.9 Å². The molecule has 0 aliphatic heterocycles. The van der Waals surface area contributed by atoms with Crippen molar-refractivity contribution < 1.29 is 0 Å². The van der Waals surface area contributed by atoms with Gasteiger partial charge < -0.3 is 0 Å². The van der Waals surface area contributed by atoms with Gasteiger partial charge in [-0.1, -0.05) is 48.5 Å². The van der Waals surface area contributed by atoms with Crippen LogP contribution in [0.2, 0.25) is 0 Å². The zero-order valence-corrected chi connectivity index (χ0v) is 18.8.